The minimum absolute atomic E-state index is 0.0108. The van der Waals surface area contributed by atoms with Gasteiger partial charge in [-0.05, 0) is 30.7 Å². The molecule has 0 aliphatic heterocycles. The summed E-state index contributed by atoms with van der Waals surface area (Å²) in [6.07, 6.45) is 0.813. The first-order valence-electron chi connectivity index (χ1n) is 6.83. The first kappa shape index (κ1) is 14.1. The number of amides is 1. The summed E-state index contributed by atoms with van der Waals surface area (Å²) in [6.45, 7) is 3.91. The van der Waals surface area contributed by atoms with E-state index in [4.69, 9.17) is 4.74 Å². The SMILES string of the molecule is CCC(C)C(=O)Nc1ccccc1Oc1ccccc1. The second kappa shape index (κ2) is 6.75. The molecule has 0 radical (unpaired) electrons. The number of ether oxygens (including phenoxy) is 1. The third-order valence-corrected chi connectivity index (χ3v) is 3.18. The molecule has 1 atom stereocenters. The average Bonchev–Trinajstić information content (AvgIpc) is 2.49. The van der Waals surface area contributed by atoms with E-state index in [1.807, 2.05) is 68.4 Å². The average molecular weight is 269 g/mol. The summed E-state index contributed by atoms with van der Waals surface area (Å²) >= 11 is 0. The first-order chi connectivity index (χ1) is 9.70. The Kier molecular flexibility index (Phi) is 4.77. The van der Waals surface area contributed by atoms with E-state index in [1.54, 1.807) is 0 Å². The molecule has 0 aliphatic rings. The molecule has 0 saturated heterocycles. The van der Waals surface area contributed by atoms with Gasteiger partial charge in [0.1, 0.15) is 5.75 Å². The summed E-state index contributed by atoms with van der Waals surface area (Å²) in [6, 6.07) is 17.0. The lowest BCUT2D eigenvalue weighted by Crippen LogP contribution is -2.19. The molecule has 0 fully saturated rings. The molecule has 2 aromatic rings. The highest BCUT2D eigenvalue weighted by Gasteiger charge is 2.13. The van der Waals surface area contributed by atoms with Crippen LogP contribution in [0.4, 0.5) is 5.69 Å². The van der Waals surface area contributed by atoms with E-state index >= 15 is 0 Å². The second-order valence-electron chi connectivity index (χ2n) is 4.71. The van der Waals surface area contributed by atoms with Crippen LogP contribution in [0.1, 0.15) is 20.3 Å². The zero-order chi connectivity index (χ0) is 14.4. The van der Waals surface area contributed by atoms with Crippen LogP contribution >= 0.6 is 0 Å². The number of hydrogen-bond donors (Lipinski definition) is 1. The van der Waals surface area contributed by atoms with E-state index in [-0.39, 0.29) is 11.8 Å². The van der Waals surface area contributed by atoms with Gasteiger partial charge in [0.2, 0.25) is 5.91 Å². The van der Waals surface area contributed by atoms with E-state index in [9.17, 15) is 4.79 Å². The van der Waals surface area contributed by atoms with Crippen LogP contribution in [0, 0.1) is 5.92 Å². The lowest BCUT2D eigenvalue weighted by molar-refractivity contribution is -0.119. The van der Waals surface area contributed by atoms with Crippen LogP contribution in [0.25, 0.3) is 0 Å². The van der Waals surface area contributed by atoms with Crippen LogP contribution in [0.15, 0.2) is 54.6 Å². The standard InChI is InChI=1S/C17H19NO2/c1-3-13(2)17(19)18-15-11-7-8-12-16(15)20-14-9-5-4-6-10-14/h4-13H,3H2,1-2H3,(H,18,19). The maximum absolute atomic E-state index is 12.0. The van der Waals surface area contributed by atoms with Gasteiger partial charge in [-0.3, -0.25) is 4.79 Å². The van der Waals surface area contributed by atoms with Crippen molar-refractivity contribution in [3.8, 4) is 11.5 Å². The fraction of sp³-hybridized carbons (Fsp3) is 0.235. The monoisotopic (exact) mass is 269 g/mol. The molecule has 0 aromatic heterocycles. The van der Waals surface area contributed by atoms with Crippen molar-refractivity contribution in [2.45, 2.75) is 20.3 Å². The fourth-order valence-corrected chi connectivity index (χ4v) is 1.72. The minimum Gasteiger partial charge on any atom is -0.455 e. The molecule has 1 amide bonds. The van der Waals surface area contributed by atoms with Gasteiger partial charge in [0.15, 0.2) is 5.75 Å². The largest absolute Gasteiger partial charge is 0.455 e. The van der Waals surface area contributed by atoms with Crippen molar-refractivity contribution in [2.75, 3.05) is 5.32 Å². The summed E-state index contributed by atoms with van der Waals surface area (Å²) in [5.41, 5.74) is 0.696. The number of rotatable bonds is 5. The van der Waals surface area contributed by atoms with Gasteiger partial charge in [0, 0.05) is 5.92 Å². The summed E-state index contributed by atoms with van der Waals surface area (Å²) in [7, 11) is 0. The van der Waals surface area contributed by atoms with Crippen molar-refractivity contribution in [3.63, 3.8) is 0 Å². The Hall–Kier alpha value is -2.29. The molecule has 2 rings (SSSR count). The molecule has 2 aromatic carbocycles. The molecule has 1 unspecified atom stereocenters. The maximum atomic E-state index is 12.0. The van der Waals surface area contributed by atoms with E-state index in [2.05, 4.69) is 5.32 Å². The molecular weight excluding hydrogens is 250 g/mol. The first-order valence-corrected chi connectivity index (χ1v) is 6.83. The highest BCUT2D eigenvalue weighted by molar-refractivity contribution is 5.93. The number of anilines is 1. The highest BCUT2D eigenvalue weighted by atomic mass is 16.5. The van der Waals surface area contributed by atoms with Crippen molar-refractivity contribution in [1.82, 2.24) is 0 Å². The summed E-state index contributed by atoms with van der Waals surface area (Å²) < 4.78 is 5.81. The number of benzene rings is 2. The molecule has 1 N–H and O–H groups in total. The number of carbonyl (C=O) groups is 1. The van der Waals surface area contributed by atoms with Gasteiger partial charge in [-0.25, -0.2) is 0 Å². The van der Waals surface area contributed by atoms with Crippen molar-refractivity contribution < 1.29 is 9.53 Å². The highest BCUT2D eigenvalue weighted by Crippen LogP contribution is 2.29. The van der Waals surface area contributed by atoms with Gasteiger partial charge in [-0.2, -0.15) is 0 Å². The Morgan fingerprint density at radius 3 is 2.45 bits per heavy atom. The second-order valence-corrected chi connectivity index (χ2v) is 4.71. The number of para-hydroxylation sites is 3. The third-order valence-electron chi connectivity index (χ3n) is 3.18. The number of carbonyl (C=O) groups excluding carboxylic acids is 1. The predicted octanol–water partition coefficient (Wildman–Crippen LogP) is 4.46. The number of nitrogens with one attached hydrogen (secondary N) is 1. The quantitative estimate of drug-likeness (QED) is 0.870. The molecular formula is C17H19NO2. The van der Waals surface area contributed by atoms with Gasteiger partial charge in [-0.15, -0.1) is 0 Å². The summed E-state index contributed by atoms with van der Waals surface area (Å²) in [5.74, 6) is 1.39. The van der Waals surface area contributed by atoms with Gasteiger partial charge in [0.25, 0.3) is 0 Å². The molecule has 0 bridgehead atoms. The van der Waals surface area contributed by atoms with E-state index in [0.717, 1.165) is 12.2 Å². The summed E-state index contributed by atoms with van der Waals surface area (Å²) in [5, 5.41) is 2.92. The van der Waals surface area contributed by atoms with E-state index in [1.165, 1.54) is 0 Å². The molecule has 0 aliphatic carbocycles. The zero-order valence-corrected chi connectivity index (χ0v) is 11.8. The lowest BCUT2D eigenvalue weighted by atomic mass is 10.1. The Morgan fingerprint density at radius 1 is 1.10 bits per heavy atom. The molecule has 20 heavy (non-hydrogen) atoms. The van der Waals surface area contributed by atoms with Crippen LogP contribution in [0.2, 0.25) is 0 Å². The smallest absolute Gasteiger partial charge is 0.227 e. The minimum atomic E-state index is -0.0141. The Labute approximate surface area is 119 Å². The Balaban J connectivity index is 2.16. The van der Waals surface area contributed by atoms with Crippen molar-refractivity contribution in [1.29, 1.82) is 0 Å². The van der Waals surface area contributed by atoms with Crippen LogP contribution < -0.4 is 10.1 Å². The molecule has 0 heterocycles. The van der Waals surface area contributed by atoms with Crippen LogP contribution in [0.3, 0.4) is 0 Å². The molecule has 104 valence electrons. The van der Waals surface area contributed by atoms with E-state index in [0.29, 0.717) is 11.4 Å². The molecule has 3 heteroatoms. The van der Waals surface area contributed by atoms with Crippen molar-refractivity contribution >= 4 is 11.6 Å². The topological polar surface area (TPSA) is 38.3 Å². The van der Waals surface area contributed by atoms with Gasteiger partial charge >= 0.3 is 0 Å². The zero-order valence-electron chi connectivity index (χ0n) is 11.8. The van der Waals surface area contributed by atoms with Crippen molar-refractivity contribution in [2.24, 2.45) is 5.92 Å². The van der Waals surface area contributed by atoms with Gasteiger partial charge in [-0.1, -0.05) is 44.2 Å². The fourth-order valence-electron chi connectivity index (χ4n) is 1.72. The van der Waals surface area contributed by atoms with E-state index < -0.39 is 0 Å². The van der Waals surface area contributed by atoms with Gasteiger partial charge in [0.05, 0.1) is 5.69 Å². The molecule has 0 spiro atoms. The Bertz CT molecular complexity index is 566. The van der Waals surface area contributed by atoms with Crippen LogP contribution in [-0.4, -0.2) is 5.91 Å². The Morgan fingerprint density at radius 2 is 1.75 bits per heavy atom. The van der Waals surface area contributed by atoms with Crippen molar-refractivity contribution in [3.05, 3.63) is 54.6 Å². The van der Waals surface area contributed by atoms with Gasteiger partial charge < -0.3 is 10.1 Å². The normalized spacial score (nSPS) is 11.7. The third kappa shape index (κ3) is 3.60. The molecule has 0 saturated carbocycles. The summed E-state index contributed by atoms with van der Waals surface area (Å²) in [4.78, 5) is 12.0. The van der Waals surface area contributed by atoms with Crippen LogP contribution in [-0.2, 0) is 4.79 Å². The van der Waals surface area contributed by atoms with Crippen LogP contribution in [0.5, 0.6) is 11.5 Å². The number of hydrogen-bond acceptors (Lipinski definition) is 2. The maximum Gasteiger partial charge on any atom is 0.227 e. The lowest BCUT2D eigenvalue weighted by Gasteiger charge is -2.14. The molecule has 3 nitrogen and oxygen atoms in total. The predicted molar refractivity (Wildman–Crippen MR) is 81.0 cm³/mol.